The van der Waals surface area contributed by atoms with Crippen molar-refractivity contribution in [1.82, 2.24) is 4.57 Å². The first-order valence-electron chi connectivity index (χ1n) is 9.03. The SMILES string of the molecule is Cc1cc(/C=C(\C#N)C(=O)Nc2cc([N+](=O)[O-])ccc2Cl)c(C)n1-c1ccc(F)cc1. The van der Waals surface area contributed by atoms with E-state index in [1.165, 1.54) is 30.3 Å². The first-order chi connectivity index (χ1) is 14.7. The standard InChI is InChI=1S/C22H16ClFN4O3/c1-13-9-15(14(2)27(13)18-5-3-17(24)4-6-18)10-16(12-25)22(29)26-21-11-19(28(30)31)7-8-20(21)23/h3-11H,1-2H3,(H,26,29)/b16-10+. The van der Waals surface area contributed by atoms with Crippen molar-refractivity contribution in [2.24, 2.45) is 0 Å². The second kappa shape index (κ2) is 8.81. The van der Waals surface area contributed by atoms with E-state index >= 15 is 0 Å². The van der Waals surface area contributed by atoms with Gasteiger partial charge in [0.15, 0.2) is 0 Å². The van der Waals surface area contributed by atoms with E-state index in [1.807, 2.05) is 24.5 Å². The molecule has 0 atom stereocenters. The summed E-state index contributed by atoms with van der Waals surface area (Å²) in [5.41, 5.74) is 2.51. The van der Waals surface area contributed by atoms with Gasteiger partial charge in [0.2, 0.25) is 0 Å². The molecule has 1 amide bonds. The fraction of sp³-hybridized carbons (Fsp3) is 0.0909. The van der Waals surface area contributed by atoms with Crippen molar-refractivity contribution in [2.75, 3.05) is 5.32 Å². The third-order valence-electron chi connectivity index (χ3n) is 4.63. The third-order valence-corrected chi connectivity index (χ3v) is 4.96. The Morgan fingerprint density at radius 2 is 1.90 bits per heavy atom. The molecule has 2 aromatic carbocycles. The molecule has 1 N–H and O–H groups in total. The van der Waals surface area contributed by atoms with Gasteiger partial charge in [-0.15, -0.1) is 0 Å². The monoisotopic (exact) mass is 438 g/mol. The molecule has 0 aliphatic heterocycles. The maximum atomic E-state index is 13.2. The molecule has 1 aromatic heterocycles. The number of benzene rings is 2. The largest absolute Gasteiger partial charge is 0.320 e. The minimum atomic E-state index is -0.753. The molecule has 0 spiro atoms. The highest BCUT2D eigenvalue weighted by Crippen LogP contribution is 2.28. The van der Waals surface area contributed by atoms with Gasteiger partial charge < -0.3 is 9.88 Å². The van der Waals surface area contributed by atoms with E-state index in [1.54, 1.807) is 18.2 Å². The Bertz CT molecular complexity index is 1260. The maximum absolute atomic E-state index is 13.2. The molecule has 3 rings (SSSR count). The lowest BCUT2D eigenvalue weighted by Gasteiger charge is -2.09. The van der Waals surface area contributed by atoms with Gasteiger partial charge >= 0.3 is 0 Å². The number of nitrogens with one attached hydrogen (secondary N) is 1. The number of halogens is 2. The molecule has 31 heavy (non-hydrogen) atoms. The molecule has 0 unspecified atom stereocenters. The van der Waals surface area contributed by atoms with Gasteiger partial charge in [-0.1, -0.05) is 11.6 Å². The molecular formula is C22H16ClFN4O3. The van der Waals surface area contributed by atoms with Crippen LogP contribution >= 0.6 is 11.6 Å². The predicted octanol–water partition coefficient (Wildman–Crippen LogP) is 5.34. The van der Waals surface area contributed by atoms with Crippen LogP contribution in [0.25, 0.3) is 11.8 Å². The number of nitrogens with zero attached hydrogens (tertiary/aromatic N) is 3. The fourth-order valence-electron chi connectivity index (χ4n) is 3.14. The number of nitro groups is 1. The van der Waals surface area contributed by atoms with Crippen LogP contribution in [0, 0.1) is 41.1 Å². The zero-order valence-electron chi connectivity index (χ0n) is 16.5. The first-order valence-corrected chi connectivity index (χ1v) is 9.41. The van der Waals surface area contributed by atoms with Gasteiger partial charge in [0.1, 0.15) is 17.5 Å². The molecule has 7 nitrogen and oxygen atoms in total. The molecule has 0 aliphatic carbocycles. The quantitative estimate of drug-likeness (QED) is 0.251. The number of carbonyl (C=O) groups is 1. The number of carbonyl (C=O) groups excluding carboxylic acids is 1. The topological polar surface area (TPSA) is 101 Å². The molecule has 0 aliphatic rings. The van der Waals surface area contributed by atoms with Gasteiger partial charge in [-0.3, -0.25) is 14.9 Å². The van der Waals surface area contributed by atoms with Crippen molar-refractivity contribution in [3.63, 3.8) is 0 Å². The number of hydrogen-bond acceptors (Lipinski definition) is 4. The molecule has 1 heterocycles. The van der Waals surface area contributed by atoms with E-state index in [0.29, 0.717) is 5.56 Å². The highest BCUT2D eigenvalue weighted by atomic mass is 35.5. The molecule has 0 radical (unpaired) electrons. The summed E-state index contributed by atoms with van der Waals surface area (Å²) < 4.78 is 15.1. The van der Waals surface area contributed by atoms with Crippen molar-refractivity contribution >= 4 is 35.0 Å². The predicted molar refractivity (Wildman–Crippen MR) is 116 cm³/mol. The summed E-state index contributed by atoms with van der Waals surface area (Å²) in [6, 6.07) is 13.2. The first kappa shape index (κ1) is 21.7. The van der Waals surface area contributed by atoms with Crippen LogP contribution in [0.2, 0.25) is 5.02 Å². The number of nitriles is 1. The molecule has 9 heteroatoms. The summed E-state index contributed by atoms with van der Waals surface area (Å²) in [4.78, 5) is 23.0. The minimum Gasteiger partial charge on any atom is -0.320 e. The van der Waals surface area contributed by atoms with E-state index < -0.39 is 10.8 Å². The lowest BCUT2D eigenvalue weighted by Crippen LogP contribution is -2.14. The van der Waals surface area contributed by atoms with Gasteiger partial charge in [-0.2, -0.15) is 5.26 Å². The molecule has 0 saturated heterocycles. The van der Waals surface area contributed by atoms with Crippen molar-refractivity contribution in [3.8, 4) is 11.8 Å². The number of non-ortho nitro benzene ring substituents is 1. The van der Waals surface area contributed by atoms with Crippen LogP contribution in [0.3, 0.4) is 0 Å². The van der Waals surface area contributed by atoms with Crippen LogP contribution in [0.4, 0.5) is 15.8 Å². The van der Waals surface area contributed by atoms with E-state index in [4.69, 9.17) is 11.6 Å². The lowest BCUT2D eigenvalue weighted by molar-refractivity contribution is -0.384. The normalized spacial score (nSPS) is 11.1. The van der Waals surface area contributed by atoms with E-state index in [-0.39, 0.29) is 27.8 Å². The summed E-state index contributed by atoms with van der Waals surface area (Å²) in [5, 5.41) is 23.0. The van der Waals surface area contributed by atoms with Crippen LogP contribution in [0.1, 0.15) is 17.0 Å². The Morgan fingerprint density at radius 1 is 1.23 bits per heavy atom. The summed E-state index contributed by atoms with van der Waals surface area (Å²) >= 11 is 6.01. The smallest absolute Gasteiger partial charge is 0.271 e. The summed E-state index contributed by atoms with van der Waals surface area (Å²) in [5.74, 6) is -1.11. The van der Waals surface area contributed by atoms with Gasteiger partial charge in [0.05, 0.1) is 15.6 Å². The van der Waals surface area contributed by atoms with Crippen LogP contribution in [0.5, 0.6) is 0 Å². The average molecular weight is 439 g/mol. The molecule has 0 bridgehead atoms. The molecular weight excluding hydrogens is 423 g/mol. The highest BCUT2D eigenvalue weighted by molar-refractivity contribution is 6.34. The number of aryl methyl sites for hydroxylation is 1. The van der Waals surface area contributed by atoms with Crippen LogP contribution in [-0.2, 0) is 4.79 Å². The fourth-order valence-corrected chi connectivity index (χ4v) is 3.30. The molecule has 156 valence electrons. The van der Waals surface area contributed by atoms with E-state index in [9.17, 15) is 24.6 Å². The number of aromatic nitrogens is 1. The summed E-state index contributed by atoms with van der Waals surface area (Å²) in [6.45, 7) is 3.66. The lowest BCUT2D eigenvalue weighted by atomic mass is 10.1. The Labute approximate surface area is 182 Å². The van der Waals surface area contributed by atoms with Crippen LogP contribution in [-0.4, -0.2) is 15.4 Å². The zero-order valence-corrected chi connectivity index (χ0v) is 17.3. The number of rotatable bonds is 5. The number of amides is 1. The molecule has 0 saturated carbocycles. The van der Waals surface area contributed by atoms with Crippen molar-refractivity contribution < 1.29 is 14.1 Å². The Kier molecular flexibility index (Phi) is 6.18. The second-order valence-corrected chi connectivity index (χ2v) is 7.09. The second-order valence-electron chi connectivity index (χ2n) is 6.68. The average Bonchev–Trinajstić information content (AvgIpc) is 3.01. The highest BCUT2D eigenvalue weighted by Gasteiger charge is 2.17. The maximum Gasteiger partial charge on any atom is 0.271 e. The Balaban J connectivity index is 1.94. The van der Waals surface area contributed by atoms with Crippen LogP contribution < -0.4 is 5.32 Å². The van der Waals surface area contributed by atoms with Gasteiger partial charge in [0, 0.05) is 29.2 Å². The van der Waals surface area contributed by atoms with Crippen molar-refractivity contribution in [1.29, 1.82) is 5.26 Å². The molecule has 3 aromatic rings. The third kappa shape index (κ3) is 4.63. The number of hydrogen-bond donors (Lipinski definition) is 1. The Morgan fingerprint density at radius 3 is 2.52 bits per heavy atom. The summed E-state index contributed by atoms with van der Waals surface area (Å²) in [7, 11) is 0. The summed E-state index contributed by atoms with van der Waals surface area (Å²) in [6.07, 6.45) is 1.42. The van der Waals surface area contributed by atoms with Gasteiger partial charge in [0.25, 0.3) is 11.6 Å². The van der Waals surface area contributed by atoms with Crippen molar-refractivity contribution in [3.05, 3.63) is 92.0 Å². The molecule has 0 fully saturated rings. The van der Waals surface area contributed by atoms with Gasteiger partial charge in [-0.05, 0) is 61.9 Å². The Hall–Kier alpha value is -3.96. The van der Waals surface area contributed by atoms with Crippen LogP contribution in [0.15, 0.2) is 54.1 Å². The zero-order chi connectivity index (χ0) is 22.7. The number of anilines is 1. The van der Waals surface area contributed by atoms with Crippen molar-refractivity contribution in [2.45, 2.75) is 13.8 Å². The van der Waals surface area contributed by atoms with E-state index in [0.717, 1.165) is 23.1 Å². The van der Waals surface area contributed by atoms with E-state index in [2.05, 4.69) is 5.32 Å². The number of nitro benzene ring substituents is 1. The van der Waals surface area contributed by atoms with Gasteiger partial charge in [-0.25, -0.2) is 4.39 Å². The minimum absolute atomic E-state index is 0.0267.